The third kappa shape index (κ3) is 3.58. The first kappa shape index (κ1) is 19.8. The number of rotatable bonds is 4. The van der Waals surface area contributed by atoms with Crippen LogP contribution in [0.1, 0.15) is 40.2 Å². The minimum absolute atomic E-state index is 0.0498. The van der Waals surface area contributed by atoms with Crippen LogP contribution >= 0.6 is 11.6 Å². The summed E-state index contributed by atoms with van der Waals surface area (Å²) in [7, 11) is -2.17. The van der Waals surface area contributed by atoms with Crippen molar-refractivity contribution in [3.63, 3.8) is 0 Å². The smallest absolute Gasteiger partial charge is 0.264 e. The van der Waals surface area contributed by atoms with Gasteiger partial charge in [0.2, 0.25) is 0 Å². The van der Waals surface area contributed by atoms with Crippen LogP contribution in [0.5, 0.6) is 0 Å². The summed E-state index contributed by atoms with van der Waals surface area (Å²) in [5, 5.41) is 0.534. The summed E-state index contributed by atoms with van der Waals surface area (Å²) in [5.41, 5.74) is 2.60. The Bertz CT molecular complexity index is 1010. The van der Waals surface area contributed by atoms with Gasteiger partial charge in [-0.15, -0.1) is 0 Å². The van der Waals surface area contributed by atoms with Crippen LogP contribution in [0.4, 0.5) is 5.69 Å². The van der Waals surface area contributed by atoms with E-state index >= 15 is 0 Å². The summed E-state index contributed by atoms with van der Waals surface area (Å²) in [6.07, 6.45) is 1.89. The van der Waals surface area contributed by atoms with Gasteiger partial charge in [-0.2, -0.15) is 0 Å². The van der Waals surface area contributed by atoms with E-state index in [-0.39, 0.29) is 16.4 Å². The van der Waals surface area contributed by atoms with Crippen LogP contribution in [0.3, 0.4) is 0 Å². The predicted molar refractivity (Wildman–Crippen MR) is 107 cm³/mol. The molecule has 0 bridgehead atoms. The molecule has 1 N–H and O–H groups in total. The van der Waals surface area contributed by atoms with E-state index in [1.165, 1.54) is 0 Å². The van der Waals surface area contributed by atoms with Crippen molar-refractivity contribution in [2.45, 2.75) is 38.5 Å². The molecule has 0 spiro atoms. The molecule has 0 radical (unpaired) electrons. The lowest BCUT2D eigenvalue weighted by molar-refractivity contribution is 0.0788. The molecule has 0 unspecified atom stereocenters. The third-order valence-corrected chi connectivity index (χ3v) is 6.99. The molecule has 27 heavy (non-hydrogen) atoms. The summed E-state index contributed by atoms with van der Waals surface area (Å²) < 4.78 is 30.9. The molecule has 1 aromatic carbocycles. The molecule has 3 rings (SSSR count). The van der Waals surface area contributed by atoms with Crippen molar-refractivity contribution in [3.8, 4) is 0 Å². The topological polar surface area (TPSA) is 71.4 Å². The number of halogens is 1. The Morgan fingerprint density at radius 3 is 2.33 bits per heavy atom. The zero-order valence-corrected chi connectivity index (χ0v) is 17.5. The van der Waals surface area contributed by atoms with Gasteiger partial charge >= 0.3 is 0 Å². The van der Waals surface area contributed by atoms with E-state index in [1.54, 1.807) is 55.5 Å². The molecule has 0 aliphatic carbocycles. The third-order valence-electron chi connectivity index (χ3n) is 5.23. The molecule has 1 aliphatic rings. The quantitative estimate of drug-likeness (QED) is 0.837. The van der Waals surface area contributed by atoms with Crippen molar-refractivity contribution in [1.29, 1.82) is 0 Å². The van der Waals surface area contributed by atoms with Crippen molar-refractivity contribution in [2.75, 3.05) is 17.8 Å². The van der Waals surface area contributed by atoms with Gasteiger partial charge in [-0.1, -0.05) is 11.6 Å². The molecule has 1 aliphatic heterocycles. The molecule has 2 heterocycles. The molecule has 2 aromatic rings. The lowest BCUT2D eigenvalue weighted by atomic mass is 10.2. The minimum Gasteiger partial charge on any atom is -0.350 e. The Labute approximate surface area is 165 Å². The van der Waals surface area contributed by atoms with Crippen molar-refractivity contribution in [2.24, 2.45) is 7.05 Å². The highest BCUT2D eigenvalue weighted by Gasteiger charge is 2.33. The molecule has 1 saturated heterocycles. The number of likely N-dealkylation sites (tertiary alicyclic amines) is 1. The molecule has 0 saturated carbocycles. The monoisotopic (exact) mass is 409 g/mol. The lowest BCUT2D eigenvalue weighted by Crippen LogP contribution is -2.30. The molecule has 146 valence electrons. The molecular weight excluding hydrogens is 386 g/mol. The fourth-order valence-corrected chi connectivity index (χ4v) is 5.39. The molecule has 6 nitrogen and oxygen atoms in total. The van der Waals surface area contributed by atoms with Gasteiger partial charge in [-0.25, -0.2) is 8.42 Å². The first-order valence-corrected chi connectivity index (χ1v) is 10.7. The summed E-state index contributed by atoms with van der Waals surface area (Å²) in [4.78, 5) is 14.8. The number of aryl methyl sites for hydroxylation is 1. The standard InChI is InChI=1S/C19H24ClN3O3S/c1-12-11-15(20)7-8-16(12)21-27(25,26)18-14(3)22(4)13(2)17(18)19(24)23-9-5-6-10-23/h7-8,11,21H,5-6,9-10H2,1-4H3. The van der Waals surface area contributed by atoms with E-state index < -0.39 is 10.0 Å². The fraction of sp³-hybridized carbons (Fsp3) is 0.421. The number of nitrogens with one attached hydrogen (secondary N) is 1. The predicted octanol–water partition coefficient (Wildman–Crippen LogP) is 3.64. The summed E-state index contributed by atoms with van der Waals surface area (Å²) >= 11 is 5.96. The van der Waals surface area contributed by atoms with E-state index in [9.17, 15) is 13.2 Å². The zero-order chi connectivity index (χ0) is 19.9. The first-order chi connectivity index (χ1) is 12.6. The van der Waals surface area contributed by atoms with E-state index in [0.717, 1.165) is 12.8 Å². The second-order valence-corrected chi connectivity index (χ2v) is 9.05. The largest absolute Gasteiger partial charge is 0.350 e. The average Bonchev–Trinajstić information content (AvgIpc) is 3.20. The van der Waals surface area contributed by atoms with Gasteiger partial charge in [0.05, 0.1) is 11.3 Å². The summed E-state index contributed by atoms with van der Waals surface area (Å²) in [6.45, 7) is 6.61. The van der Waals surface area contributed by atoms with Crippen LogP contribution in [-0.2, 0) is 17.1 Å². The minimum atomic E-state index is -3.95. The van der Waals surface area contributed by atoms with Crippen LogP contribution in [0.25, 0.3) is 0 Å². The number of nitrogens with zero attached hydrogens (tertiary/aromatic N) is 2. The van der Waals surface area contributed by atoms with Gasteiger partial charge in [0, 0.05) is 36.5 Å². The number of benzene rings is 1. The van der Waals surface area contributed by atoms with Crippen molar-refractivity contribution in [1.82, 2.24) is 9.47 Å². The van der Waals surface area contributed by atoms with Gasteiger partial charge < -0.3 is 9.47 Å². The summed E-state index contributed by atoms with van der Waals surface area (Å²) in [6, 6.07) is 4.95. The van der Waals surface area contributed by atoms with Crippen molar-refractivity contribution >= 4 is 33.2 Å². The van der Waals surface area contributed by atoms with Gasteiger partial charge in [0.1, 0.15) is 4.90 Å². The van der Waals surface area contributed by atoms with E-state index in [0.29, 0.717) is 40.8 Å². The normalized spacial score (nSPS) is 14.6. The Hall–Kier alpha value is -1.99. The van der Waals surface area contributed by atoms with Crippen molar-refractivity contribution in [3.05, 3.63) is 45.7 Å². The highest BCUT2D eigenvalue weighted by molar-refractivity contribution is 7.92. The van der Waals surface area contributed by atoms with E-state index in [4.69, 9.17) is 11.6 Å². The van der Waals surface area contributed by atoms with Gasteiger partial charge in [0.25, 0.3) is 15.9 Å². The number of hydrogen-bond acceptors (Lipinski definition) is 3. The maximum Gasteiger partial charge on any atom is 0.264 e. The second-order valence-electron chi connectivity index (χ2n) is 7.00. The highest BCUT2D eigenvalue weighted by atomic mass is 35.5. The molecule has 1 aromatic heterocycles. The maximum atomic E-state index is 13.2. The van der Waals surface area contributed by atoms with Crippen molar-refractivity contribution < 1.29 is 13.2 Å². The molecule has 1 amide bonds. The van der Waals surface area contributed by atoms with Gasteiger partial charge in [0.15, 0.2) is 0 Å². The number of anilines is 1. The Balaban J connectivity index is 2.09. The number of sulfonamides is 1. The van der Waals surface area contributed by atoms with Crippen LogP contribution in [-0.4, -0.2) is 36.9 Å². The Kier molecular flexibility index (Phi) is 5.27. The van der Waals surface area contributed by atoms with Crippen LogP contribution < -0.4 is 4.72 Å². The number of carbonyl (C=O) groups is 1. The maximum absolute atomic E-state index is 13.2. The molecular formula is C19H24ClN3O3S. The number of aromatic nitrogens is 1. The van der Waals surface area contributed by atoms with E-state index in [2.05, 4.69) is 4.72 Å². The molecule has 0 atom stereocenters. The SMILES string of the molecule is Cc1cc(Cl)ccc1NS(=O)(=O)c1c(C(=O)N2CCCC2)c(C)n(C)c1C. The number of carbonyl (C=O) groups excluding carboxylic acids is 1. The highest BCUT2D eigenvalue weighted by Crippen LogP contribution is 2.31. The molecule has 1 fully saturated rings. The second kappa shape index (κ2) is 7.20. The van der Waals surface area contributed by atoms with Crippen LogP contribution in [0, 0.1) is 20.8 Å². The summed E-state index contributed by atoms with van der Waals surface area (Å²) in [5.74, 6) is -0.220. The van der Waals surface area contributed by atoms with Crippen LogP contribution in [0.15, 0.2) is 23.1 Å². The zero-order valence-electron chi connectivity index (χ0n) is 16.0. The van der Waals surface area contributed by atoms with Gasteiger partial charge in [-0.05, 0) is 57.4 Å². The fourth-order valence-electron chi connectivity index (χ4n) is 3.51. The van der Waals surface area contributed by atoms with E-state index in [1.807, 2.05) is 0 Å². The lowest BCUT2D eigenvalue weighted by Gasteiger charge is -2.17. The van der Waals surface area contributed by atoms with Crippen LogP contribution in [0.2, 0.25) is 5.02 Å². The number of hydrogen-bond donors (Lipinski definition) is 1. The first-order valence-electron chi connectivity index (χ1n) is 8.87. The Morgan fingerprint density at radius 1 is 1.11 bits per heavy atom. The average molecular weight is 410 g/mol. The number of amides is 1. The Morgan fingerprint density at radius 2 is 1.74 bits per heavy atom. The molecule has 8 heteroatoms. The van der Waals surface area contributed by atoms with Gasteiger partial charge in [-0.3, -0.25) is 9.52 Å².